The van der Waals surface area contributed by atoms with E-state index in [1.54, 1.807) is 12.1 Å². The molecule has 0 heterocycles. The Morgan fingerprint density at radius 1 is 1.24 bits per heavy atom. The van der Waals surface area contributed by atoms with Gasteiger partial charge in [-0.2, -0.15) is 8.78 Å². The molecular weight excluding hydrogens is 443 g/mol. The number of benzene rings is 1. The molecule has 0 aliphatic heterocycles. The van der Waals surface area contributed by atoms with Crippen molar-refractivity contribution in [3.8, 4) is 11.5 Å². The molecule has 0 atom stereocenters. The number of ether oxygens (including phenoxy) is 2. The summed E-state index contributed by atoms with van der Waals surface area (Å²) in [5.41, 5.74) is 0.538. The number of nitrogens with one attached hydrogen (secondary N) is 2. The van der Waals surface area contributed by atoms with Gasteiger partial charge in [-0.25, -0.2) is 4.99 Å². The maximum Gasteiger partial charge on any atom is 0.387 e. The van der Waals surface area contributed by atoms with Gasteiger partial charge in [0.25, 0.3) is 0 Å². The first-order chi connectivity index (χ1) is 11.5. The quantitative estimate of drug-likeness (QED) is 0.325. The topological polar surface area (TPSA) is 54.9 Å². The normalized spacial score (nSPS) is 11.3. The minimum absolute atomic E-state index is 0. The Balaban J connectivity index is 0.00000576. The van der Waals surface area contributed by atoms with Crippen LogP contribution in [-0.4, -0.2) is 32.8 Å². The van der Waals surface area contributed by atoms with Crippen LogP contribution in [0.5, 0.6) is 11.5 Å². The third-order valence-corrected chi connectivity index (χ3v) is 3.25. The number of hydrogen-bond acceptors (Lipinski definition) is 3. The summed E-state index contributed by atoms with van der Waals surface area (Å²) in [7, 11) is 1.52. The molecule has 1 rings (SSSR count). The summed E-state index contributed by atoms with van der Waals surface area (Å²) in [4.78, 5) is 4.44. The number of alkyl halides is 2. The molecule has 0 saturated heterocycles. The highest BCUT2D eigenvalue weighted by Gasteiger charge is 2.11. The van der Waals surface area contributed by atoms with Crippen molar-refractivity contribution in [2.75, 3.05) is 20.2 Å². The molecule has 5 nitrogen and oxygen atoms in total. The number of rotatable bonds is 9. The van der Waals surface area contributed by atoms with Gasteiger partial charge in [0, 0.05) is 18.7 Å². The van der Waals surface area contributed by atoms with Gasteiger partial charge in [-0.3, -0.25) is 0 Å². The van der Waals surface area contributed by atoms with Crippen LogP contribution in [0.4, 0.5) is 8.78 Å². The van der Waals surface area contributed by atoms with Gasteiger partial charge in [0.15, 0.2) is 5.96 Å². The summed E-state index contributed by atoms with van der Waals surface area (Å²) in [6.45, 7) is 5.10. The minimum Gasteiger partial charge on any atom is -0.497 e. The summed E-state index contributed by atoms with van der Waals surface area (Å²) in [6, 6.07) is 4.70. The number of aliphatic imine (C=N–C) groups is 1. The van der Waals surface area contributed by atoms with Crippen molar-refractivity contribution < 1.29 is 18.3 Å². The van der Waals surface area contributed by atoms with E-state index in [-0.39, 0.29) is 36.3 Å². The lowest BCUT2D eigenvalue weighted by molar-refractivity contribution is -0.0504. The maximum atomic E-state index is 12.5. The lowest BCUT2D eigenvalue weighted by atomic mass is 10.1. The fraction of sp³-hybridized carbons (Fsp3) is 0.588. The molecule has 1 aromatic rings. The highest BCUT2D eigenvalue weighted by molar-refractivity contribution is 14.0. The SMILES string of the molecule is CCNC(=NCc1cc(OC)ccc1OC(F)F)NCCC(C)C.I. The zero-order chi connectivity index (χ0) is 17.9. The van der Waals surface area contributed by atoms with Crippen molar-refractivity contribution in [1.82, 2.24) is 10.6 Å². The van der Waals surface area contributed by atoms with Crippen LogP contribution in [0.1, 0.15) is 32.8 Å². The Labute approximate surface area is 165 Å². The summed E-state index contributed by atoms with van der Waals surface area (Å²) in [6.07, 6.45) is 1.02. The van der Waals surface area contributed by atoms with Crippen molar-refractivity contribution in [2.24, 2.45) is 10.9 Å². The third kappa shape index (κ3) is 9.66. The summed E-state index contributed by atoms with van der Waals surface area (Å²) >= 11 is 0. The lowest BCUT2D eigenvalue weighted by Crippen LogP contribution is -2.38. The highest BCUT2D eigenvalue weighted by atomic mass is 127. The Kier molecular flexibility index (Phi) is 12.3. The van der Waals surface area contributed by atoms with Crippen LogP contribution in [0.2, 0.25) is 0 Å². The second-order valence-corrected chi connectivity index (χ2v) is 5.66. The van der Waals surface area contributed by atoms with E-state index in [4.69, 9.17) is 4.74 Å². The number of halogens is 3. The zero-order valence-electron chi connectivity index (χ0n) is 15.1. The molecule has 0 spiro atoms. The van der Waals surface area contributed by atoms with Gasteiger partial charge in [-0.15, -0.1) is 24.0 Å². The molecule has 0 saturated carbocycles. The molecule has 0 unspecified atom stereocenters. The smallest absolute Gasteiger partial charge is 0.387 e. The van der Waals surface area contributed by atoms with Crippen LogP contribution in [0.15, 0.2) is 23.2 Å². The molecule has 25 heavy (non-hydrogen) atoms. The molecule has 1 aromatic carbocycles. The van der Waals surface area contributed by atoms with Crippen LogP contribution in [0, 0.1) is 5.92 Å². The third-order valence-electron chi connectivity index (χ3n) is 3.25. The number of nitrogens with zero attached hydrogens (tertiary/aromatic N) is 1. The van der Waals surface area contributed by atoms with Crippen LogP contribution in [0.3, 0.4) is 0 Å². The molecule has 8 heteroatoms. The molecule has 0 aliphatic rings. The Bertz CT molecular complexity index is 529. The number of methoxy groups -OCH3 is 1. The second-order valence-electron chi connectivity index (χ2n) is 5.66. The molecule has 0 aliphatic carbocycles. The first-order valence-corrected chi connectivity index (χ1v) is 8.10. The zero-order valence-corrected chi connectivity index (χ0v) is 17.5. The van der Waals surface area contributed by atoms with Crippen LogP contribution in [-0.2, 0) is 6.54 Å². The average molecular weight is 471 g/mol. The first kappa shape index (κ1) is 23.7. The lowest BCUT2D eigenvalue weighted by Gasteiger charge is -2.14. The molecule has 0 fully saturated rings. The second kappa shape index (κ2) is 13.0. The van der Waals surface area contributed by atoms with E-state index in [0.717, 1.165) is 13.0 Å². The van der Waals surface area contributed by atoms with Crippen molar-refractivity contribution in [2.45, 2.75) is 40.3 Å². The molecule has 0 aromatic heterocycles. The van der Waals surface area contributed by atoms with E-state index in [1.807, 2.05) is 6.92 Å². The van der Waals surface area contributed by atoms with E-state index in [0.29, 0.717) is 29.7 Å². The van der Waals surface area contributed by atoms with Gasteiger partial charge in [-0.05, 0) is 37.5 Å². The summed E-state index contributed by atoms with van der Waals surface area (Å²) in [5.74, 6) is 1.90. The number of hydrogen-bond donors (Lipinski definition) is 2. The monoisotopic (exact) mass is 471 g/mol. The predicted molar refractivity (Wildman–Crippen MR) is 107 cm³/mol. The fourth-order valence-corrected chi connectivity index (χ4v) is 2.00. The Morgan fingerprint density at radius 3 is 2.52 bits per heavy atom. The number of guanidine groups is 1. The molecule has 2 N–H and O–H groups in total. The van der Waals surface area contributed by atoms with Crippen molar-refractivity contribution in [1.29, 1.82) is 0 Å². The van der Waals surface area contributed by atoms with Crippen LogP contribution < -0.4 is 20.1 Å². The van der Waals surface area contributed by atoms with E-state index >= 15 is 0 Å². The van der Waals surface area contributed by atoms with E-state index in [1.165, 1.54) is 13.2 Å². The first-order valence-electron chi connectivity index (χ1n) is 8.10. The van der Waals surface area contributed by atoms with Gasteiger partial charge in [0.1, 0.15) is 11.5 Å². The summed E-state index contributed by atoms with van der Waals surface area (Å²) < 4.78 is 34.7. The van der Waals surface area contributed by atoms with Gasteiger partial charge in [0.2, 0.25) is 0 Å². The average Bonchev–Trinajstić information content (AvgIpc) is 2.52. The van der Waals surface area contributed by atoms with E-state index in [2.05, 4.69) is 34.2 Å². The van der Waals surface area contributed by atoms with Crippen molar-refractivity contribution in [3.63, 3.8) is 0 Å². The molecule has 0 radical (unpaired) electrons. The largest absolute Gasteiger partial charge is 0.497 e. The van der Waals surface area contributed by atoms with Crippen molar-refractivity contribution >= 4 is 29.9 Å². The van der Waals surface area contributed by atoms with Gasteiger partial charge < -0.3 is 20.1 Å². The van der Waals surface area contributed by atoms with Crippen molar-refractivity contribution in [3.05, 3.63) is 23.8 Å². The maximum absolute atomic E-state index is 12.5. The molecular formula is C17H28F2IN3O2. The summed E-state index contributed by atoms with van der Waals surface area (Å²) in [5, 5.41) is 6.36. The van der Waals surface area contributed by atoms with Gasteiger partial charge in [0.05, 0.1) is 13.7 Å². The predicted octanol–water partition coefficient (Wildman–Crippen LogP) is 4.02. The standard InChI is InChI=1S/C17H27F2N3O2.HI/c1-5-20-17(21-9-8-12(2)3)22-11-13-10-14(23-4)6-7-15(13)24-16(18)19;/h6-7,10,12,16H,5,8-9,11H2,1-4H3,(H2,20,21,22);1H. The van der Waals surface area contributed by atoms with E-state index < -0.39 is 6.61 Å². The molecule has 0 amide bonds. The van der Waals surface area contributed by atoms with Crippen LogP contribution >= 0.6 is 24.0 Å². The Morgan fingerprint density at radius 2 is 1.96 bits per heavy atom. The van der Waals surface area contributed by atoms with Crippen LogP contribution in [0.25, 0.3) is 0 Å². The molecule has 144 valence electrons. The van der Waals surface area contributed by atoms with Gasteiger partial charge in [-0.1, -0.05) is 13.8 Å². The molecule has 0 bridgehead atoms. The highest BCUT2D eigenvalue weighted by Crippen LogP contribution is 2.26. The Hall–Kier alpha value is -1.32. The van der Waals surface area contributed by atoms with E-state index in [9.17, 15) is 8.78 Å². The minimum atomic E-state index is -2.88. The fourth-order valence-electron chi connectivity index (χ4n) is 2.00. The van der Waals surface area contributed by atoms with Gasteiger partial charge >= 0.3 is 6.61 Å².